The first kappa shape index (κ1) is 17.4. The summed E-state index contributed by atoms with van der Waals surface area (Å²) in [6.45, 7) is 4.47. The van der Waals surface area contributed by atoms with Gasteiger partial charge in [-0.3, -0.25) is 4.79 Å². The van der Waals surface area contributed by atoms with Gasteiger partial charge in [0.1, 0.15) is 11.4 Å². The second-order valence-electron chi connectivity index (χ2n) is 5.64. The Kier molecular flexibility index (Phi) is 5.43. The van der Waals surface area contributed by atoms with Gasteiger partial charge in [-0.25, -0.2) is 9.97 Å². The molecular formula is C20H20N4O2. The Bertz CT molecular complexity index is 894. The summed E-state index contributed by atoms with van der Waals surface area (Å²) < 4.78 is 5.58. The van der Waals surface area contributed by atoms with Crippen LogP contribution in [0, 0.1) is 6.92 Å². The molecule has 0 aliphatic rings. The number of aromatic nitrogens is 2. The number of rotatable bonds is 6. The first-order valence-corrected chi connectivity index (χ1v) is 8.35. The average Bonchev–Trinajstić information content (AvgIpc) is 2.66. The largest absolute Gasteiger partial charge is 0.492 e. The maximum absolute atomic E-state index is 12.4. The lowest BCUT2D eigenvalue weighted by Crippen LogP contribution is -2.14. The van der Waals surface area contributed by atoms with Gasteiger partial charge < -0.3 is 15.4 Å². The predicted octanol–water partition coefficient (Wildman–Crippen LogP) is 4.18. The van der Waals surface area contributed by atoms with Crippen LogP contribution in [0.4, 0.5) is 17.3 Å². The summed E-state index contributed by atoms with van der Waals surface area (Å²) in [7, 11) is 0. The van der Waals surface area contributed by atoms with Crippen molar-refractivity contribution in [3.8, 4) is 5.75 Å². The van der Waals surface area contributed by atoms with Crippen LogP contribution in [0.5, 0.6) is 5.75 Å². The van der Waals surface area contributed by atoms with Crippen LogP contribution in [-0.2, 0) is 0 Å². The van der Waals surface area contributed by atoms with Crippen LogP contribution in [0.1, 0.15) is 23.0 Å². The molecule has 1 amide bonds. The number of hydrogen-bond acceptors (Lipinski definition) is 5. The first-order chi connectivity index (χ1) is 12.7. The Labute approximate surface area is 152 Å². The van der Waals surface area contributed by atoms with Gasteiger partial charge in [-0.2, -0.15) is 0 Å². The van der Waals surface area contributed by atoms with E-state index in [9.17, 15) is 4.79 Å². The quantitative estimate of drug-likeness (QED) is 0.699. The lowest BCUT2D eigenvalue weighted by atomic mass is 10.2. The molecular weight excluding hydrogens is 328 g/mol. The van der Waals surface area contributed by atoms with Crippen molar-refractivity contribution in [2.24, 2.45) is 0 Å². The van der Waals surface area contributed by atoms with Crippen molar-refractivity contribution >= 4 is 23.2 Å². The van der Waals surface area contributed by atoms with E-state index in [4.69, 9.17) is 4.74 Å². The zero-order valence-electron chi connectivity index (χ0n) is 14.7. The highest BCUT2D eigenvalue weighted by Gasteiger charge is 2.11. The molecule has 2 N–H and O–H groups in total. The third kappa shape index (κ3) is 4.36. The number of para-hydroxylation sites is 2. The molecule has 0 aliphatic carbocycles. The molecule has 0 bridgehead atoms. The molecule has 0 saturated heterocycles. The maximum atomic E-state index is 12.4. The second-order valence-corrected chi connectivity index (χ2v) is 5.64. The topological polar surface area (TPSA) is 76.1 Å². The molecule has 0 unspecified atom stereocenters. The number of ether oxygens (including phenoxy) is 1. The molecule has 3 rings (SSSR count). The van der Waals surface area contributed by atoms with E-state index in [1.165, 1.54) is 0 Å². The van der Waals surface area contributed by atoms with Crippen molar-refractivity contribution < 1.29 is 9.53 Å². The normalized spacial score (nSPS) is 10.2. The number of amides is 1. The van der Waals surface area contributed by atoms with Gasteiger partial charge in [-0.05, 0) is 44.2 Å². The minimum atomic E-state index is -0.294. The van der Waals surface area contributed by atoms with Gasteiger partial charge in [0.05, 0.1) is 12.3 Å². The minimum absolute atomic E-state index is 0.275. The summed E-state index contributed by atoms with van der Waals surface area (Å²) in [4.78, 5) is 20.9. The molecule has 3 aromatic rings. The fourth-order valence-corrected chi connectivity index (χ4v) is 2.35. The Balaban J connectivity index is 1.76. The number of carbonyl (C=O) groups excluding carboxylic acids is 1. The fraction of sp³-hybridized carbons (Fsp3) is 0.150. The zero-order valence-corrected chi connectivity index (χ0v) is 14.7. The predicted molar refractivity (Wildman–Crippen MR) is 102 cm³/mol. The van der Waals surface area contributed by atoms with Crippen LogP contribution < -0.4 is 15.4 Å². The van der Waals surface area contributed by atoms with Gasteiger partial charge in [0.25, 0.3) is 5.91 Å². The summed E-state index contributed by atoms with van der Waals surface area (Å²) in [6.07, 6.45) is 1.54. The Hall–Kier alpha value is -3.41. The number of carbonyl (C=O) groups is 1. The van der Waals surface area contributed by atoms with Crippen LogP contribution in [-0.4, -0.2) is 22.5 Å². The molecule has 0 aliphatic heterocycles. The lowest BCUT2D eigenvalue weighted by Gasteiger charge is -2.11. The van der Waals surface area contributed by atoms with Gasteiger partial charge >= 0.3 is 0 Å². The number of hydrogen-bond donors (Lipinski definition) is 2. The second kappa shape index (κ2) is 8.11. The van der Waals surface area contributed by atoms with Crippen molar-refractivity contribution in [2.45, 2.75) is 13.8 Å². The summed E-state index contributed by atoms with van der Waals surface area (Å²) in [5.41, 5.74) is 2.86. The SMILES string of the molecule is CCOc1ccccc1Nc1nccc(C(=O)Nc2ccc(C)cc2)n1. The van der Waals surface area contributed by atoms with E-state index in [-0.39, 0.29) is 11.6 Å². The first-order valence-electron chi connectivity index (χ1n) is 8.35. The van der Waals surface area contributed by atoms with Gasteiger partial charge in [0, 0.05) is 11.9 Å². The van der Waals surface area contributed by atoms with E-state index in [1.54, 1.807) is 12.3 Å². The number of aryl methyl sites for hydroxylation is 1. The number of nitrogens with one attached hydrogen (secondary N) is 2. The van der Waals surface area contributed by atoms with Gasteiger partial charge in [-0.15, -0.1) is 0 Å². The molecule has 0 radical (unpaired) electrons. The minimum Gasteiger partial charge on any atom is -0.492 e. The lowest BCUT2D eigenvalue weighted by molar-refractivity contribution is 0.102. The molecule has 0 spiro atoms. The summed E-state index contributed by atoms with van der Waals surface area (Å²) in [5, 5.41) is 5.92. The zero-order chi connectivity index (χ0) is 18.4. The molecule has 0 fully saturated rings. The molecule has 1 aromatic heterocycles. The molecule has 1 heterocycles. The van der Waals surface area contributed by atoms with Crippen LogP contribution >= 0.6 is 0 Å². The standard InChI is InChI=1S/C20H20N4O2/c1-3-26-18-7-5-4-6-16(18)23-20-21-13-12-17(24-20)19(25)22-15-10-8-14(2)9-11-15/h4-13H,3H2,1-2H3,(H,22,25)(H,21,23,24). The van der Waals surface area contributed by atoms with Gasteiger partial charge in [0.2, 0.25) is 5.95 Å². The van der Waals surface area contributed by atoms with E-state index in [2.05, 4.69) is 20.6 Å². The summed E-state index contributed by atoms with van der Waals surface area (Å²) >= 11 is 0. The van der Waals surface area contributed by atoms with Crippen molar-refractivity contribution in [1.29, 1.82) is 0 Å². The Morgan fingerprint density at radius 3 is 2.62 bits per heavy atom. The Morgan fingerprint density at radius 2 is 1.85 bits per heavy atom. The van der Waals surface area contributed by atoms with Crippen molar-refractivity contribution in [2.75, 3.05) is 17.2 Å². The van der Waals surface area contributed by atoms with Crippen LogP contribution in [0.2, 0.25) is 0 Å². The number of benzene rings is 2. The van der Waals surface area contributed by atoms with E-state index >= 15 is 0 Å². The molecule has 132 valence electrons. The highest BCUT2D eigenvalue weighted by atomic mass is 16.5. The van der Waals surface area contributed by atoms with E-state index in [0.29, 0.717) is 18.3 Å². The van der Waals surface area contributed by atoms with Crippen molar-refractivity contribution in [1.82, 2.24) is 9.97 Å². The van der Waals surface area contributed by atoms with E-state index < -0.39 is 0 Å². The fourth-order valence-electron chi connectivity index (χ4n) is 2.35. The van der Waals surface area contributed by atoms with Crippen LogP contribution in [0.25, 0.3) is 0 Å². The van der Waals surface area contributed by atoms with Crippen LogP contribution in [0.3, 0.4) is 0 Å². The van der Waals surface area contributed by atoms with E-state index in [1.807, 2.05) is 62.4 Å². The van der Waals surface area contributed by atoms with Crippen LogP contribution in [0.15, 0.2) is 60.8 Å². The highest BCUT2D eigenvalue weighted by molar-refractivity contribution is 6.03. The average molecular weight is 348 g/mol. The van der Waals surface area contributed by atoms with Gasteiger partial charge in [0.15, 0.2) is 0 Å². The molecule has 0 atom stereocenters. The smallest absolute Gasteiger partial charge is 0.274 e. The number of anilines is 3. The molecule has 0 saturated carbocycles. The van der Waals surface area contributed by atoms with E-state index in [0.717, 1.165) is 16.9 Å². The summed E-state index contributed by atoms with van der Waals surface area (Å²) in [5.74, 6) is 0.735. The molecule has 26 heavy (non-hydrogen) atoms. The molecule has 6 heteroatoms. The molecule has 6 nitrogen and oxygen atoms in total. The Morgan fingerprint density at radius 1 is 1.08 bits per heavy atom. The van der Waals surface area contributed by atoms with Crippen molar-refractivity contribution in [3.05, 3.63) is 72.1 Å². The third-order valence-corrected chi connectivity index (χ3v) is 3.63. The summed E-state index contributed by atoms with van der Waals surface area (Å²) in [6, 6.07) is 16.7. The highest BCUT2D eigenvalue weighted by Crippen LogP contribution is 2.26. The van der Waals surface area contributed by atoms with Crippen molar-refractivity contribution in [3.63, 3.8) is 0 Å². The molecule has 2 aromatic carbocycles. The third-order valence-electron chi connectivity index (χ3n) is 3.63. The van der Waals surface area contributed by atoms with Gasteiger partial charge in [-0.1, -0.05) is 29.8 Å². The number of nitrogens with zero attached hydrogens (tertiary/aromatic N) is 2. The monoisotopic (exact) mass is 348 g/mol. The maximum Gasteiger partial charge on any atom is 0.274 e.